The number of anilines is 1. The predicted molar refractivity (Wildman–Crippen MR) is 99.7 cm³/mol. The summed E-state index contributed by atoms with van der Waals surface area (Å²) in [7, 11) is -0.892. The van der Waals surface area contributed by atoms with Crippen molar-refractivity contribution >= 4 is 27.6 Å². The summed E-state index contributed by atoms with van der Waals surface area (Å²) in [5.74, 6) is -0.766. The Morgan fingerprint density at radius 1 is 1.26 bits per heavy atom. The first-order valence-corrected chi connectivity index (χ1v) is 9.85. The maximum absolute atomic E-state index is 13.1. The normalized spacial score (nSPS) is 13.6. The molecule has 2 N–H and O–H groups in total. The van der Waals surface area contributed by atoms with E-state index in [1.807, 2.05) is 0 Å². The van der Waals surface area contributed by atoms with Crippen LogP contribution in [0.2, 0.25) is 0 Å². The van der Waals surface area contributed by atoms with Crippen LogP contribution in [0.5, 0.6) is 0 Å². The molecule has 2 heterocycles. The number of esters is 1. The highest BCUT2D eigenvalue weighted by atomic mass is 32.2. The molecular formula is C18H21N3O5S. The number of hydrogen-bond acceptors (Lipinski definition) is 5. The zero-order valence-electron chi connectivity index (χ0n) is 15.5. The summed E-state index contributed by atoms with van der Waals surface area (Å²) in [5, 5.41) is 0. The molecule has 0 bridgehead atoms. The summed E-state index contributed by atoms with van der Waals surface area (Å²) in [6.45, 7) is 3.84. The van der Waals surface area contributed by atoms with Crippen LogP contribution in [-0.2, 0) is 21.2 Å². The van der Waals surface area contributed by atoms with Crippen LogP contribution >= 0.6 is 0 Å². The lowest BCUT2D eigenvalue weighted by Gasteiger charge is -2.17. The maximum atomic E-state index is 13.1. The van der Waals surface area contributed by atoms with Crippen molar-refractivity contribution < 1.29 is 22.7 Å². The van der Waals surface area contributed by atoms with Crippen molar-refractivity contribution in [3.05, 3.63) is 46.3 Å². The van der Waals surface area contributed by atoms with E-state index in [1.54, 1.807) is 30.9 Å². The van der Waals surface area contributed by atoms with Crippen molar-refractivity contribution in [3.63, 3.8) is 0 Å². The van der Waals surface area contributed by atoms with E-state index in [0.29, 0.717) is 41.2 Å². The number of carbonyl (C=O) groups is 2. The summed E-state index contributed by atoms with van der Waals surface area (Å²) in [6.07, 6.45) is 0.552. The Kier molecular flexibility index (Phi) is 4.83. The fourth-order valence-corrected chi connectivity index (χ4v) is 4.16. The molecule has 144 valence electrons. The molecule has 1 aliphatic rings. The molecule has 0 spiro atoms. The number of hydrogen-bond donors (Lipinski definition) is 2. The van der Waals surface area contributed by atoms with E-state index in [2.05, 4.69) is 9.71 Å². The van der Waals surface area contributed by atoms with Gasteiger partial charge in [0.25, 0.3) is 5.91 Å². The second kappa shape index (κ2) is 6.82. The number of methoxy groups -OCH3 is 1. The number of aryl methyl sites for hydroxylation is 1. The first-order chi connectivity index (χ1) is 12.7. The molecule has 3 rings (SSSR count). The fourth-order valence-electron chi connectivity index (χ4n) is 3.38. The number of carbonyl (C=O) groups excluding carboxylic acids is 2. The van der Waals surface area contributed by atoms with Crippen LogP contribution in [0, 0.1) is 13.8 Å². The zero-order valence-corrected chi connectivity index (χ0v) is 16.4. The van der Waals surface area contributed by atoms with Crippen LogP contribution in [0.1, 0.15) is 37.7 Å². The molecular weight excluding hydrogens is 370 g/mol. The summed E-state index contributed by atoms with van der Waals surface area (Å²) >= 11 is 0. The number of rotatable bonds is 4. The van der Waals surface area contributed by atoms with E-state index in [1.165, 1.54) is 20.2 Å². The molecule has 9 heteroatoms. The van der Waals surface area contributed by atoms with Crippen molar-refractivity contribution in [1.29, 1.82) is 0 Å². The smallest absolute Gasteiger partial charge is 0.339 e. The molecule has 1 amide bonds. The van der Waals surface area contributed by atoms with Crippen LogP contribution in [0.3, 0.4) is 0 Å². The highest BCUT2D eigenvalue weighted by Crippen LogP contribution is 2.32. The number of nitrogens with zero attached hydrogens (tertiary/aromatic N) is 1. The third-order valence-corrected chi connectivity index (χ3v) is 6.22. The lowest BCUT2D eigenvalue weighted by Crippen LogP contribution is -2.29. The average Bonchev–Trinajstić information content (AvgIpc) is 3.20. The Morgan fingerprint density at radius 2 is 1.96 bits per heavy atom. The van der Waals surface area contributed by atoms with Crippen LogP contribution in [-0.4, -0.2) is 46.0 Å². The number of ether oxygens (including phenoxy) is 1. The topological polar surface area (TPSA) is 109 Å². The van der Waals surface area contributed by atoms with Gasteiger partial charge in [-0.15, -0.1) is 0 Å². The van der Waals surface area contributed by atoms with Gasteiger partial charge in [-0.3, -0.25) is 4.79 Å². The standard InChI is InChI=1S/C18H21N3O5S/c1-10-15(18(23)26-4)11(2)20-16(10)17(22)21-8-7-12-9-13(5-6-14(12)21)27(24,25)19-3/h5-6,9,19-20H,7-8H2,1-4H3. The number of nitrogens with one attached hydrogen (secondary N) is 2. The molecule has 0 saturated carbocycles. The fraction of sp³-hybridized carbons (Fsp3) is 0.333. The number of H-pyrrole nitrogens is 1. The van der Waals surface area contributed by atoms with Gasteiger partial charge in [0.05, 0.1) is 17.6 Å². The van der Waals surface area contributed by atoms with Gasteiger partial charge in [0.1, 0.15) is 5.69 Å². The van der Waals surface area contributed by atoms with Crippen molar-refractivity contribution in [1.82, 2.24) is 9.71 Å². The Hall–Kier alpha value is -2.65. The van der Waals surface area contributed by atoms with Crippen LogP contribution < -0.4 is 9.62 Å². The summed E-state index contributed by atoms with van der Waals surface area (Å²) in [6, 6.07) is 4.70. The van der Waals surface area contributed by atoms with Gasteiger partial charge in [-0.05, 0) is 56.6 Å². The molecule has 0 saturated heterocycles. The first-order valence-electron chi connectivity index (χ1n) is 8.37. The predicted octanol–water partition coefficient (Wildman–Crippen LogP) is 1.53. The van der Waals surface area contributed by atoms with Gasteiger partial charge < -0.3 is 14.6 Å². The third-order valence-electron chi connectivity index (χ3n) is 4.81. The number of aromatic nitrogens is 1. The second-order valence-corrected chi connectivity index (χ2v) is 8.21. The first kappa shape index (κ1) is 19.1. The minimum absolute atomic E-state index is 0.165. The lowest BCUT2D eigenvalue weighted by molar-refractivity contribution is 0.0599. The number of fused-ring (bicyclic) bond motifs is 1. The third kappa shape index (κ3) is 3.13. The molecule has 2 aromatic rings. The highest BCUT2D eigenvalue weighted by Gasteiger charge is 2.31. The highest BCUT2D eigenvalue weighted by molar-refractivity contribution is 7.89. The molecule has 0 radical (unpaired) electrons. The Balaban J connectivity index is 1.97. The number of benzene rings is 1. The molecule has 1 aromatic heterocycles. The van der Waals surface area contributed by atoms with Gasteiger partial charge >= 0.3 is 5.97 Å². The quantitative estimate of drug-likeness (QED) is 0.769. The van der Waals surface area contributed by atoms with E-state index in [9.17, 15) is 18.0 Å². The van der Waals surface area contributed by atoms with Crippen molar-refractivity contribution in [2.45, 2.75) is 25.2 Å². The molecule has 8 nitrogen and oxygen atoms in total. The number of sulfonamides is 1. The van der Waals surface area contributed by atoms with Gasteiger partial charge in [0.2, 0.25) is 10.0 Å². The van der Waals surface area contributed by atoms with Crippen molar-refractivity contribution in [2.24, 2.45) is 0 Å². The molecule has 0 atom stereocenters. The second-order valence-electron chi connectivity index (χ2n) is 6.32. The Bertz CT molecular complexity index is 1040. The van der Waals surface area contributed by atoms with E-state index < -0.39 is 16.0 Å². The van der Waals surface area contributed by atoms with Gasteiger partial charge in [-0.1, -0.05) is 0 Å². The minimum Gasteiger partial charge on any atom is -0.465 e. The number of aromatic amines is 1. The SMILES string of the molecule is CNS(=O)(=O)c1ccc2c(c1)CCN2C(=O)c1[nH]c(C)c(C(=O)OC)c1C. The monoisotopic (exact) mass is 391 g/mol. The maximum Gasteiger partial charge on any atom is 0.339 e. The van der Waals surface area contributed by atoms with E-state index in [0.717, 1.165) is 5.56 Å². The summed E-state index contributed by atoms with van der Waals surface area (Å²) in [4.78, 5) is 29.7. The molecule has 27 heavy (non-hydrogen) atoms. The van der Waals surface area contributed by atoms with Crippen LogP contribution in [0.4, 0.5) is 5.69 Å². The molecule has 0 aliphatic carbocycles. The summed E-state index contributed by atoms with van der Waals surface area (Å²) < 4.78 is 31.0. The van der Waals surface area contributed by atoms with Gasteiger partial charge in [0, 0.05) is 17.9 Å². The van der Waals surface area contributed by atoms with E-state index in [-0.39, 0.29) is 10.8 Å². The molecule has 1 aliphatic heterocycles. The average molecular weight is 391 g/mol. The molecule has 1 aromatic carbocycles. The van der Waals surface area contributed by atoms with Gasteiger partial charge in [-0.25, -0.2) is 17.9 Å². The largest absolute Gasteiger partial charge is 0.465 e. The molecule has 0 unspecified atom stereocenters. The molecule has 0 fully saturated rings. The Labute approximate surface area is 157 Å². The zero-order chi connectivity index (χ0) is 19.9. The van der Waals surface area contributed by atoms with Crippen molar-refractivity contribution in [3.8, 4) is 0 Å². The van der Waals surface area contributed by atoms with Crippen LogP contribution in [0.15, 0.2) is 23.1 Å². The van der Waals surface area contributed by atoms with Crippen LogP contribution in [0.25, 0.3) is 0 Å². The van der Waals surface area contributed by atoms with Gasteiger partial charge in [-0.2, -0.15) is 0 Å². The number of amides is 1. The minimum atomic E-state index is -3.54. The summed E-state index contributed by atoms with van der Waals surface area (Å²) in [5.41, 5.74) is 3.24. The van der Waals surface area contributed by atoms with E-state index >= 15 is 0 Å². The van der Waals surface area contributed by atoms with Crippen molar-refractivity contribution in [2.75, 3.05) is 25.6 Å². The van der Waals surface area contributed by atoms with E-state index in [4.69, 9.17) is 4.74 Å². The lowest BCUT2D eigenvalue weighted by atomic mass is 10.1. The Morgan fingerprint density at radius 3 is 2.59 bits per heavy atom. The van der Waals surface area contributed by atoms with Gasteiger partial charge in [0.15, 0.2) is 0 Å².